The van der Waals surface area contributed by atoms with E-state index in [1.165, 1.54) is 0 Å². The van der Waals surface area contributed by atoms with Gasteiger partial charge >= 0.3 is 6.09 Å². The summed E-state index contributed by atoms with van der Waals surface area (Å²) < 4.78 is 5.32. The van der Waals surface area contributed by atoms with Crippen molar-refractivity contribution in [3.63, 3.8) is 0 Å². The number of fused-ring (bicyclic) bond motifs is 2. The summed E-state index contributed by atoms with van der Waals surface area (Å²) in [5.41, 5.74) is 1.03. The molecule has 2 saturated heterocycles. The Morgan fingerprint density at radius 1 is 1.41 bits per heavy atom. The van der Waals surface area contributed by atoms with Gasteiger partial charge in [-0.1, -0.05) is 30.3 Å². The molecule has 2 aliphatic heterocycles. The molecule has 3 rings (SSSR count). The molecule has 90 valence electrons. The van der Waals surface area contributed by atoms with Gasteiger partial charge in [-0.15, -0.1) is 0 Å². The van der Waals surface area contributed by atoms with Crippen molar-refractivity contribution in [3.8, 4) is 0 Å². The topological polar surface area (TPSA) is 41.6 Å². The maximum absolute atomic E-state index is 11.9. The summed E-state index contributed by atoms with van der Waals surface area (Å²) in [4.78, 5) is 13.7. The average Bonchev–Trinajstić information content (AvgIpc) is 2.99. The molecular formula is C13H16N2O2. The lowest BCUT2D eigenvalue weighted by Gasteiger charge is -2.26. The fourth-order valence-corrected chi connectivity index (χ4v) is 2.59. The number of rotatable bonds is 2. The SMILES string of the molecule is O=C(OCc1ccccc1)N1C[C@@H]2C[C@H]1CN2. The van der Waals surface area contributed by atoms with Crippen LogP contribution in [0.2, 0.25) is 0 Å². The minimum Gasteiger partial charge on any atom is -0.445 e. The van der Waals surface area contributed by atoms with Crippen LogP contribution < -0.4 is 5.32 Å². The lowest BCUT2D eigenvalue weighted by atomic mass is 10.2. The quantitative estimate of drug-likeness (QED) is 0.837. The summed E-state index contributed by atoms with van der Waals surface area (Å²) in [5, 5.41) is 3.37. The molecule has 0 radical (unpaired) electrons. The second-order valence-electron chi connectivity index (χ2n) is 4.69. The van der Waals surface area contributed by atoms with E-state index < -0.39 is 0 Å². The fraction of sp³-hybridized carbons (Fsp3) is 0.462. The molecule has 2 atom stereocenters. The number of benzene rings is 1. The summed E-state index contributed by atoms with van der Waals surface area (Å²) >= 11 is 0. The minimum atomic E-state index is -0.178. The Bertz CT molecular complexity index is 407. The Hall–Kier alpha value is -1.55. The number of hydrogen-bond acceptors (Lipinski definition) is 3. The zero-order chi connectivity index (χ0) is 11.7. The lowest BCUT2D eigenvalue weighted by molar-refractivity contribution is 0.0879. The Balaban J connectivity index is 1.54. The van der Waals surface area contributed by atoms with Crippen LogP contribution in [0.15, 0.2) is 30.3 Å². The van der Waals surface area contributed by atoms with Crippen LogP contribution in [-0.2, 0) is 11.3 Å². The summed E-state index contributed by atoms with van der Waals surface area (Å²) in [6.45, 7) is 2.06. The van der Waals surface area contributed by atoms with E-state index in [0.717, 1.165) is 25.1 Å². The van der Waals surface area contributed by atoms with Crippen LogP contribution in [0.25, 0.3) is 0 Å². The molecule has 0 aromatic heterocycles. The average molecular weight is 232 g/mol. The van der Waals surface area contributed by atoms with E-state index >= 15 is 0 Å². The van der Waals surface area contributed by atoms with Crippen molar-refractivity contribution < 1.29 is 9.53 Å². The van der Waals surface area contributed by atoms with E-state index in [9.17, 15) is 4.79 Å². The minimum absolute atomic E-state index is 0.178. The summed E-state index contributed by atoms with van der Waals surface area (Å²) in [6, 6.07) is 10.6. The van der Waals surface area contributed by atoms with E-state index in [1.54, 1.807) is 0 Å². The smallest absolute Gasteiger partial charge is 0.410 e. The fourth-order valence-electron chi connectivity index (χ4n) is 2.59. The Kier molecular flexibility index (Phi) is 2.73. The van der Waals surface area contributed by atoms with Gasteiger partial charge < -0.3 is 15.0 Å². The third-order valence-electron chi connectivity index (χ3n) is 3.50. The van der Waals surface area contributed by atoms with E-state index in [1.807, 2.05) is 35.2 Å². The Labute approximate surface area is 101 Å². The first-order valence-corrected chi connectivity index (χ1v) is 6.03. The van der Waals surface area contributed by atoms with Crippen LogP contribution in [0.1, 0.15) is 12.0 Å². The van der Waals surface area contributed by atoms with Crippen molar-refractivity contribution in [1.82, 2.24) is 10.2 Å². The second-order valence-corrected chi connectivity index (χ2v) is 4.69. The van der Waals surface area contributed by atoms with Gasteiger partial charge in [0, 0.05) is 25.2 Å². The van der Waals surface area contributed by atoms with Crippen LogP contribution in [0.4, 0.5) is 4.79 Å². The molecule has 2 fully saturated rings. The number of carbonyl (C=O) groups excluding carboxylic acids is 1. The largest absolute Gasteiger partial charge is 0.445 e. The molecule has 1 aromatic carbocycles. The number of ether oxygens (including phenoxy) is 1. The van der Waals surface area contributed by atoms with Crippen molar-refractivity contribution >= 4 is 6.09 Å². The zero-order valence-corrected chi connectivity index (χ0v) is 9.63. The summed E-state index contributed by atoms with van der Waals surface area (Å²) in [7, 11) is 0. The first-order chi connectivity index (χ1) is 8.33. The molecule has 1 aromatic rings. The molecule has 0 aliphatic carbocycles. The van der Waals surface area contributed by atoms with Crippen LogP contribution in [-0.4, -0.2) is 36.2 Å². The molecule has 1 amide bonds. The maximum Gasteiger partial charge on any atom is 0.410 e. The Morgan fingerprint density at radius 3 is 2.88 bits per heavy atom. The van der Waals surface area contributed by atoms with E-state index in [2.05, 4.69) is 5.32 Å². The maximum atomic E-state index is 11.9. The monoisotopic (exact) mass is 232 g/mol. The van der Waals surface area contributed by atoms with Gasteiger partial charge in [0.25, 0.3) is 0 Å². The number of piperazine rings is 1. The van der Waals surface area contributed by atoms with Gasteiger partial charge in [0.15, 0.2) is 0 Å². The van der Waals surface area contributed by atoms with Crippen LogP contribution in [0, 0.1) is 0 Å². The highest BCUT2D eigenvalue weighted by atomic mass is 16.6. The molecule has 17 heavy (non-hydrogen) atoms. The number of likely N-dealkylation sites (tertiary alicyclic amines) is 1. The van der Waals surface area contributed by atoms with Crippen molar-refractivity contribution in [2.45, 2.75) is 25.1 Å². The molecule has 2 heterocycles. The zero-order valence-electron chi connectivity index (χ0n) is 9.63. The molecular weight excluding hydrogens is 216 g/mol. The van der Waals surface area contributed by atoms with Crippen LogP contribution in [0.3, 0.4) is 0 Å². The van der Waals surface area contributed by atoms with Gasteiger partial charge in [0.1, 0.15) is 6.61 Å². The molecule has 2 bridgehead atoms. The van der Waals surface area contributed by atoms with E-state index in [4.69, 9.17) is 4.74 Å². The molecule has 0 saturated carbocycles. The molecule has 0 unspecified atom stereocenters. The molecule has 4 nitrogen and oxygen atoms in total. The van der Waals surface area contributed by atoms with Crippen molar-refractivity contribution in [3.05, 3.63) is 35.9 Å². The van der Waals surface area contributed by atoms with Gasteiger partial charge in [-0.25, -0.2) is 4.79 Å². The first kappa shape index (κ1) is 10.6. The summed E-state index contributed by atoms with van der Waals surface area (Å²) in [6.07, 6.45) is 0.892. The number of hydrogen-bond donors (Lipinski definition) is 1. The van der Waals surface area contributed by atoms with Gasteiger partial charge in [-0.2, -0.15) is 0 Å². The highest BCUT2D eigenvalue weighted by molar-refractivity contribution is 5.69. The molecule has 0 spiro atoms. The summed E-state index contributed by atoms with van der Waals surface area (Å²) in [5.74, 6) is 0. The van der Waals surface area contributed by atoms with Gasteiger partial charge in [0.05, 0.1) is 0 Å². The third-order valence-corrected chi connectivity index (χ3v) is 3.50. The normalized spacial score (nSPS) is 26.2. The lowest BCUT2D eigenvalue weighted by Crippen LogP contribution is -2.46. The van der Waals surface area contributed by atoms with Gasteiger partial charge in [-0.3, -0.25) is 0 Å². The van der Waals surface area contributed by atoms with E-state index in [0.29, 0.717) is 18.7 Å². The highest BCUT2D eigenvalue weighted by Crippen LogP contribution is 2.23. The van der Waals surface area contributed by atoms with Crippen molar-refractivity contribution in [1.29, 1.82) is 0 Å². The third kappa shape index (κ3) is 2.13. The second kappa shape index (κ2) is 4.37. The number of carbonyl (C=O) groups is 1. The standard InChI is InChI=1S/C13H16N2O2/c16-13(15-8-11-6-12(15)7-14-11)17-9-10-4-2-1-3-5-10/h1-5,11-12,14H,6-9H2/t11-,12-/m0/s1. The van der Waals surface area contributed by atoms with Crippen LogP contribution in [0.5, 0.6) is 0 Å². The predicted octanol–water partition coefficient (Wildman–Crippen LogP) is 1.37. The van der Waals surface area contributed by atoms with Gasteiger partial charge in [0.2, 0.25) is 0 Å². The van der Waals surface area contributed by atoms with E-state index in [-0.39, 0.29) is 6.09 Å². The van der Waals surface area contributed by atoms with Crippen molar-refractivity contribution in [2.24, 2.45) is 0 Å². The number of amides is 1. The van der Waals surface area contributed by atoms with Crippen LogP contribution >= 0.6 is 0 Å². The molecule has 2 aliphatic rings. The number of nitrogens with zero attached hydrogens (tertiary/aromatic N) is 1. The van der Waals surface area contributed by atoms with Crippen molar-refractivity contribution in [2.75, 3.05) is 13.1 Å². The predicted molar refractivity (Wildman–Crippen MR) is 63.5 cm³/mol. The molecule has 4 heteroatoms. The van der Waals surface area contributed by atoms with Gasteiger partial charge in [-0.05, 0) is 12.0 Å². The number of nitrogens with one attached hydrogen (secondary N) is 1. The molecule has 1 N–H and O–H groups in total. The highest BCUT2D eigenvalue weighted by Gasteiger charge is 2.40. The Morgan fingerprint density at radius 2 is 2.24 bits per heavy atom. The first-order valence-electron chi connectivity index (χ1n) is 6.03.